The van der Waals surface area contributed by atoms with Gasteiger partial charge in [-0.05, 0) is 61.0 Å². The third-order valence-electron chi connectivity index (χ3n) is 5.74. The molecule has 1 atom stereocenters. The van der Waals surface area contributed by atoms with Gasteiger partial charge in [0.1, 0.15) is 6.04 Å². The predicted molar refractivity (Wildman–Crippen MR) is 125 cm³/mol. The summed E-state index contributed by atoms with van der Waals surface area (Å²) in [5, 5.41) is 2.95. The summed E-state index contributed by atoms with van der Waals surface area (Å²) >= 11 is 1.87. The van der Waals surface area contributed by atoms with Crippen molar-refractivity contribution in [2.75, 3.05) is 36.0 Å². The van der Waals surface area contributed by atoms with Gasteiger partial charge in [0.05, 0.1) is 4.90 Å². The summed E-state index contributed by atoms with van der Waals surface area (Å²) in [7, 11) is -3.56. The summed E-state index contributed by atoms with van der Waals surface area (Å²) in [4.78, 5) is 26.9. The normalized spacial score (nSPS) is 19.3. The first-order valence-electron chi connectivity index (χ1n) is 11.1. The Hall–Kier alpha value is -1.58. The molecule has 1 aromatic carbocycles. The SMILES string of the molecule is CCCSCCCNC(=O)[C@@H]1Cc2cc(S(=O)(=O)N3CCCCC3)ccc2N1C(C)=O. The average Bonchev–Trinajstić information content (AvgIpc) is 3.16. The molecule has 172 valence electrons. The molecule has 0 bridgehead atoms. The van der Waals surface area contributed by atoms with Crippen LogP contribution in [0.5, 0.6) is 0 Å². The molecule has 0 aliphatic carbocycles. The predicted octanol–water partition coefficient (Wildman–Crippen LogP) is 2.79. The molecule has 3 rings (SSSR count). The first kappa shape index (κ1) is 24.1. The molecule has 2 aliphatic heterocycles. The van der Waals surface area contributed by atoms with Crippen molar-refractivity contribution < 1.29 is 18.0 Å². The lowest BCUT2D eigenvalue weighted by Gasteiger charge is -2.26. The number of benzene rings is 1. The van der Waals surface area contributed by atoms with E-state index in [-0.39, 0.29) is 16.7 Å². The number of hydrogen-bond acceptors (Lipinski definition) is 5. The minimum atomic E-state index is -3.56. The maximum absolute atomic E-state index is 13.0. The largest absolute Gasteiger partial charge is 0.354 e. The highest BCUT2D eigenvalue weighted by Crippen LogP contribution is 2.35. The van der Waals surface area contributed by atoms with Gasteiger partial charge in [-0.1, -0.05) is 13.3 Å². The fourth-order valence-electron chi connectivity index (χ4n) is 4.19. The smallest absolute Gasteiger partial charge is 0.243 e. The van der Waals surface area contributed by atoms with E-state index in [0.29, 0.717) is 31.7 Å². The lowest BCUT2D eigenvalue weighted by Crippen LogP contribution is -2.47. The molecule has 0 unspecified atom stereocenters. The molecule has 0 spiro atoms. The van der Waals surface area contributed by atoms with Gasteiger partial charge in [0.15, 0.2) is 0 Å². The number of carbonyl (C=O) groups excluding carboxylic acids is 2. The third-order valence-corrected chi connectivity index (χ3v) is 8.91. The Morgan fingerprint density at radius 1 is 1.16 bits per heavy atom. The van der Waals surface area contributed by atoms with Crippen LogP contribution in [-0.4, -0.2) is 61.7 Å². The Morgan fingerprint density at radius 2 is 1.90 bits per heavy atom. The van der Waals surface area contributed by atoms with Gasteiger partial charge in [-0.15, -0.1) is 0 Å². The highest BCUT2D eigenvalue weighted by atomic mass is 32.2. The van der Waals surface area contributed by atoms with Crippen LogP contribution in [-0.2, 0) is 26.0 Å². The molecule has 1 saturated heterocycles. The molecule has 0 aromatic heterocycles. The summed E-state index contributed by atoms with van der Waals surface area (Å²) in [6, 6.07) is 4.24. The van der Waals surface area contributed by atoms with E-state index in [1.165, 1.54) is 16.1 Å². The number of anilines is 1. The van der Waals surface area contributed by atoms with Gasteiger partial charge >= 0.3 is 0 Å². The third kappa shape index (κ3) is 5.62. The number of rotatable bonds is 9. The zero-order valence-electron chi connectivity index (χ0n) is 18.4. The number of sulfonamides is 1. The second kappa shape index (κ2) is 10.8. The molecule has 1 fully saturated rings. The van der Waals surface area contributed by atoms with E-state index in [4.69, 9.17) is 0 Å². The second-order valence-electron chi connectivity index (χ2n) is 8.12. The average molecular weight is 468 g/mol. The van der Waals surface area contributed by atoms with Gasteiger partial charge < -0.3 is 5.32 Å². The first-order valence-corrected chi connectivity index (χ1v) is 13.7. The fourth-order valence-corrected chi connectivity index (χ4v) is 6.60. The van der Waals surface area contributed by atoms with Crippen LogP contribution < -0.4 is 10.2 Å². The van der Waals surface area contributed by atoms with Crippen LogP contribution in [0.25, 0.3) is 0 Å². The van der Waals surface area contributed by atoms with Crippen LogP contribution in [0.2, 0.25) is 0 Å². The van der Waals surface area contributed by atoms with Crippen LogP contribution in [0.3, 0.4) is 0 Å². The maximum atomic E-state index is 13.0. The van der Waals surface area contributed by atoms with Gasteiger partial charge in [-0.2, -0.15) is 16.1 Å². The molecule has 2 aliphatic rings. The van der Waals surface area contributed by atoms with E-state index in [1.807, 2.05) is 11.8 Å². The van der Waals surface area contributed by atoms with Gasteiger partial charge in [0.2, 0.25) is 21.8 Å². The fraction of sp³-hybridized carbons (Fsp3) is 0.636. The number of carbonyl (C=O) groups is 2. The Labute approximate surface area is 190 Å². The van der Waals surface area contributed by atoms with Crippen molar-refractivity contribution in [1.29, 1.82) is 0 Å². The van der Waals surface area contributed by atoms with Crippen molar-refractivity contribution in [2.24, 2.45) is 0 Å². The zero-order valence-corrected chi connectivity index (χ0v) is 20.1. The summed E-state index contributed by atoms with van der Waals surface area (Å²) in [5.74, 6) is 1.70. The molecule has 31 heavy (non-hydrogen) atoms. The summed E-state index contributed by atoms with van der Waals surface area (Å²) < 4.78 is 27.6. The number of thioether (sulfide) groups is 1. The molecule has 7 nitrogen and oxygen atoms in total. The van der Waals surface area contributed by atoms with Gasteiger partial charge in [-0.3, -0.25) is 14.5 Å². The maximum Gasteiger partial charge on any atom is 0.243 e. The lowest BCUT2D eigenvalue weighted by atomic mass is 10.1. The summed E-state index contributed by atoms with van der Waals surface area (Å²) in [6.07, 6.45) is 5.16. The Balaban J connectivity index is 1.71. The van der Waals surface area contributed by atoms with E-state index in [1.54, 1.807) is 18.2 Å². The number of fused-ring (bicyclic) bond motifs is 1. The van der Waals surface area contributed by atoms with Crippen LogP contribution >= 0.6 is 11.8 Å². The van der Waals surface area contributed by atoms with E-state index < -0.39 is 16.1 Å². The van der Waals surface area contributed by atoms with Crippen molar-refractivity contribution in [3.63, 3.8) is 0 Å². The molecular formula is C22H33N3O4S2. The van der Waals surface area contributed by atoms with Crippen molar-refractivity contribution in [3.8, 4) is 0 Å². The summed E-state index contributed by atoms with van der Waals surface area (Å²) in [6.45, 7) is 5.24. The van der Waals surface area contributed by atoms with Gasteiger partial charge in [0.25, 0.3) is 0 Å². The number of nitrogens with one attached hydrogen (secondary N) is 1. The molecule has 1 aromatic rings. The second-order valence-corrected chi connectivity index (χ2v) is 11.3. The molecule has 2 heterocycles. The molecule has 1 N–H and O–H groups in total. The standard InChI is InChI=1S/C22H33N3O4S2/c1-3-13-30-14-7-10-23-22(27)21-16-18-15-19(8-9-20(18)25(21)17(2)26)31(28,29)24-11-5-4-6-12-24/h8-9,15,21H,3-7,10-14,16H2,1-2H3,(H,23,27)/t21-/m0/s1. The summed E-state index contributed by atoms with van der Waals surface area (Å²) in [5.41, 5.74) is 1.36. The van der Waals surface area contributed by atoms with Crippen molar-refractivity contribution in [2.45, 2.75) is 63.3 Å². The van der Waals surface area contributed by atoms with Crippen LogP contribution in [0.15, 0.2) is 23.1 Å². The number of amides is 2. The molecule has 2 amide bonds. The Morgan fingerprint density at radius 3 is 2.58 bits per heavy atom. The lowest BCUT2D eigenvalue weighted by molar-refractivity contribution is -0.125. The zero-order chi connectivity index (χ0) is 22.4. The topological polar surface area (TPSA) is 86.8 Å². The van der Waals surface area contributed by atoms with Crippen molar-refractivity contribution in [3.05, 3.63) is 23.8 Å². The highest BCUT2D eigenvalue weighted by Gasteiger charge is 2.38. The molecule has 0 radical (unpaired) electrons. The monoisotopic (exact) mass is 467 g/mol. The first-order chi connectivity index (χ1) is 14.9. The Bertz CT molecular complexity index is 898. The number of nitrogens with zero attached hydrogens (tertiary/aromatic N) is 2. The quantitative estimate of drug-likeness (QED) is 0.565. The Kier molecular flexibility index (Phi) is 8.41. The van der Waals surface area contributed by atoms with E-state index >= 15 is 0 Å². The van der Waals surface area contributed by atoms with Gasteiger partial charge in [-0.25, -0.2) is 8.42 Å². The molecule has 9 heteroatoms. The molecule has 0 saturated carbocycles. The minimum Gasteiger partial charge on any atom is -0.354 e. The van der Waals surface area contributed by atoms with E-state index in [9.17, 15) is 18.0 Å². The van der Waals surface area contributed by atoms with Crippen LogP contribution in [0.1, 0.15) is 51.5 Å². The minimum absolute atomic E-state index is 0.188. The number of hydrogen-bond donors (Lipinski definition) is 1. The van der Waals surface area contributed by atoms with Crippen LogP contribution in [0.4, 0.5) is 5.69 Å². The van der Waals surface area contributed by atoms with Crippen LogP contribution in [0, 0.1) is 0 Å². The van der Waals surface area contributed by atoms with E-state index in [2.05, 4.69) is 12.2 Å². The molecular weight excluding hydrogens is 434 g/mol. The van der Waals surface area contributed by atoms with Crippen molar-refractivity contribution >= 4 is 39.3 Å². The highest BCUT2D eigenvalue weighted by molar-refractivity contribution is 7.99. The number of piperidine rings is 1. The van der Waals surface area contributed by atoms with Crippen molar-refractivity contribution in [1.82, 2.24) is 9.62 Å². The van der Waals surface area contributed by atoms with E-state index in [0.717, 1.165) is 49.2 Å². The van der Waals surface area contributed by atoms with Gasteiger partial charge in [0, 0.05) is 38.7 Å².